The highest BCUT2D eigenvalue weighted by molar-refractivity contribution is 5.94. The summed E-state index contributed by atoms with van der Waals surface area (Å²) in [6.07, 6.45) is 7.37. The number of benzene rings is 1. The van der Waals surface area contributed by atoms with Crippen molar-refractivity contribution in [2.45, 2.75) is 45.1 Å². The van der Waals surface area contributed by atoms with Gasteiger partial charge in [0.15, 0.2) is 0 Å². The summed E-state index contributed by atoms with van der Waals surface area (Å²) in [4.78, 5) is 12.9. The van der Waals surface area contributed by atoms with Crippen molar-refractivity contribution in [3.8, 4) is 5.69 Å². The van der Waals surface area contributed by atoms with Gasteiger partial charge in [0.25, 0.3) is 0 Å². The third-order valence-electron chi connectivity index (χ3n) is 5.91. The number of hydrogen-bond acceptors (Lipinski definition) is 3. The van der Waals surface area contributed by atoms with E-state index in [4.69, 9.17) is 5.73 Å². The smallest absolute Gasteiger partial charge is 0.227 e. The molecule has 6 heteroatoms. The second kappa shape index (κ2) is 7.80. The van der Waals surface area contributed by atoms with Crippen molar-refractivity contribution in [1.82, 2.24) is 9.78 Å². The van der Waals surface area contributed by atoms with Gasteiger partial charge in [0, 0.05) is 18.2 Å². The van der Waals surface area contributed by atoms with Gasteiger partial charge in [-0.25, -0.2) is 4.68 Å². The molecule has 3 N–H and O–H groups in total. The first kappa shape index (κ1) is 18.9. The maximum Gasteiger partial charge on any atom is 0.227 e. The van der Waals surface area contributed by atoms with Crippen LogP contribution in [0.15, 0.2) is 36.5 Å². The first-order valence-corrected chi connectivity index (χ1v) is 9.30. The zero-order chi connectivity index (χ0) is 17.4. The van der Waals surface area contributed by atoms with E-state index >= 15 is 0 Å². The summed E-state index contributed by atoms with van der Waals surface area (Å²) < 4.78 is 1.82. The Labute approximate surface area is 160 Å². The van der Waals surface area contributed by atoms with Crippen molar-refractivity contribution in [2.75, 3.05) is 5.32 Å². The Morgan fingerprint density at radius 3 is 2.54 bits per heavy atom. The molecule has 140 valence electrons. The highest BCUT2D eigenvalue weighted by Crippen LogP contribution is 2.42. The second-order valence-corrected chi connectivity index (χ2v) is 7.60. The molecule has 1 heterocycles. The fourth-order valence-electron chi connectivity index (χ4n) is 4.57. The fourth-order valence-corrected chi connectivity index (χ4v) is 4.57. The number of aryl methyl sites for hydroxylation is 1. The molecule has 2 aromatic rings. The van der Waals surface area contributed by atoms with E-state index in [-0.39, 0.29) is 30.3 Å². The van der Waals surface area contributed by atoms with Crippen molar-refractivity contribution in [3.63, 3.8) is 0 Å². The van der Waals surface area contributed by atoms with Crippen LogP contribution >= 0.6 is 12.4 Å². The molecule has 2 fully saturated rings. The van der Waals surface area contributed by atoms with E-state index < -0.39 is 0 Å². The minimum Gasteiger partial charge on any atom is -0.327 e. The van der Waals surface area contributed by atoms with E-state index in [0.29, 0.717) is 11.8 Å². The van der Waals surface area contributed by atoms with Crippen molar-refractivity contribution in [1.29, 1.82) is 0 Å². The van der Waals surface area contributed by atoms with E-state index in [1.807, 2.05) is 48.1 Å². The van der Waals surface area contributed by atoms with E-state index in [1.165, 1.54) is 19.3 Å². The molecule has 1 aromatic heterocycles. The Bertz CT molecular complexity index is 761. The van der Waals surface area contributed by atoms with E-state index in [0.717, 1.165) is 29.9 Å². The molecule has 26 heavy (non-hydrogen) atoms. The van der Waals surface area contributed by atoms with Crippen molar-refractivity contribution in [3.05, 3.63) is 42.2 Å². The molecule has 1 amide bonds. The average molecular weight is 375 g/mol. The molecule has 1 aromatic carbocycles. The monoisotopic (exact) mass is 374 g/mol. The summed E-state index contributed by atoms with van der Waals surface area (Å²) in [6.45, 7) is 1.96. The normalized spacial score (nSPS) is 27.5. The number of aromatic nitrogens is 2. The van der Waals surface area contributed by atoms with Crippen molar-refractivity contribution < 1.29 is 4.79 Å². The Kier molecular flexibility index (Phi) is 5.68. The minimum atomic E-state index is 0. The van der Waals surface area contributed by atoms with Gasteiger partial charge in [-0.15, -0.1) is 12.4 Å². The number of para-hydroxylation sites is 2. The molecule has 0 aliphatic heterocycles. The molecule has 2 atom stereocenters. The lowest BCUT2D eigenvalue weighted by molar-refractivity contribution is -0.122. The zero-order valence-electron chi connectivity index (χ0n) is 15.1. The van der Waals surface area contributed by atoms with Crippen LogP contribution in [0.5, 0.6) is 0 Å². The summed E-state index contributed by atoms with van der Waals surface area (Å²) in [5, 5.41) is 7.62. The van der Waals surface area contributed by atoms with Gasteiger partial charge in [-0.2, -0.15) is 5.10 Å². The third kappa shape index (κ3) is 3.64. The van der Waals surface area contributed by atoms with Gasteiger partial charge >= 0.3 is 0 Å². The van der Waals surface area contributed by atoms with Crippen LogP contribution in [0.2, 0.25) is 0 Å². The first-order chi connectivity index (χ1) is 12.1. The van der Waals surface area contributed by atoms with Crippen LogP contribution in [0.3, 0.4) is 0 Å². The van der Waals surface area contributed by atoms with Gasteiger partial charge in [0.05, 0.1) is 17.1 Å². The Balaban J connectivity index is 0.00000196. The van der Waals surface area contributed by atoms with Gasteiger partial charge in [0.2, 0.25) is 5.91 Å². The van der Waals surface area contributed by atoms with Gasteiger partial charge in [-0.3, -0.25) is 4.79 Å². The maximum atomic E-state index is 12.9. The lowest BCUT2D eigenvalue weighted by Gasteiger charge is -2.43. The predicted molar refractivity (Wildman–Crippen MR) is 106 cm³/mol. The van der Waals surface area contributed by atoms with Crippen LogP contribution in [-0.2, 0) is 4.79 Å². The van der Waals surface area contributed by atoms with Crippen LogP contribution in [0.4, 0.5) is 5.69 Å². The molecule has 2 aliphatic carbocycles. The predicted octanol–water partition coefficient (Wildman–Crippen LogP) is 3.69. The molecule has 2 aliphatic rings. The van der Waals surface area contributed by atoms with Gasteiger partial charge in [0.1, 0.15) is 0 Å². The van der Waals surface area contributed by atoms with Crippen molar-refractivity contribution >= 4 is 24.0 Å². The fraction of sp³-hybridized carbons (Fsp3) is 0.500. The topological polar surface area (TPSA) is 72.9 Å². The molecule has 2 bridgehead atoms. The molecule has 2 saturated carbocycles. The number of fused-ring (bicyclic) bond motifs is 2. The number of hydrogen-bond donors (Lipinski definition) is 2. The Hall–Kier alpha value is -1.85. The third-order valence-corrected chi connectivity index (χ3v) is 5.91. The average Bonchev–Trinajstić information content (AvgIpc) is 3.01. The molecule has 0 saturated heterocycles. The molecule has 0 spiro atoms. The highest BCUT2D eigenvalue weighted by Gasteiger charge is 2.40. The molecule has 0 radical (unpaired) electrons. The van der Waals surface area contributed by atoms with Gasteiger partial charge in [-0.05, 0) is 62.6 Å². The molecule has 5 nitrogen and oxygen atoms in total. The van der Waals surface area contributed by atoms with Crippen LogP contribution < -0.4 is 11.1 Å². The highest BCUT2D eigenvalue weighted by atomic mass is 35.5. The molecule has 4 rings (SSSR count). The molecular formula is C20H27ClN4O. The molecule has 2 unspecified atom stereocenters. The summed E-state index contributed by atoms with van der Waals surface area (Å²) >= 11 is 0. The SMILES string of the molecule is Cc1ccn(-c2ccccc2NC(=O)C2CC3CCCC(C2)C3N)n1.Cl. The number of anilines is 1. The van der Waals surface area contributed by atoms with Crippen molar-refractivity contribution in [2.24, 2.45) is 23.5 Å². The summed E-state index contributed by atoms with van der Waals surface area (Å²) in [5.41, 5.74) is 9.03. The van der Waals surface area contributed by atoms with Crippen LogP contribution in [0, 0.1) is 24.7 Å². The number of amides is 1. The van der Waals surface area contributed by atoms with Gasteiger partial charge in [-0.1, -0.05) is 18.6 Å². The summed E-state index contributed by atoms with van der Waals surface area (Å²) in [6, 6.07) is 10.1. The number of nitrogens with zero attached hydrogens (tertiary/aromatic N) is 2. The standard InChI is InChI=1S/C20H26N4O.ClH/c1-13-9-10-24(23-13)18-8-3-2-7-17(18)22-20(25)16-11-14-5-4-6-15(12-16)19(14)21;/h2-3,7-10,14-16,19H,4-6,11-12,21H2,1H3,(H,22,25);1H. The number of nitrogens with two attached hydrogens (primary N) is 1. The maximum absolute atomic E-state index is 12.9. The number of nitrogens with one attached hydrogen (secondary N) is 1. The number of rotatable bonds is 3. The first-order valence-electron chi connectivity index (χ1n) is 9.30. The number of carbonyl (C=O) groups excluding carboxylic acids is 1. The Morgan fingerprint density at radius 1 is 1.19 bits per heavy atom. The van der Waals surface area contributed by atoms with Crippen LogP contribution in [0.1, 0.15) is 37.8 Å². The second-order valence-electron chi connectivity index (χ2n) is 7.60. The number of carbonyl (C=O) groups is 1. The quantitative estimate of drug-likeness (QED) is 0.860. The largest absolute Gasteiger partial charge is 0.327 e. The van der Waals surface area contributed by atoms with E-state index in [9.17, 15) is 4.79 Å². The summed E-state index contributed by atoms with van der Waals surface area (Å²) in [5.74, 6) is 1.21. The minimum absolute atomic E-state index is 0. The van der Waals surface area contributed by atoms with Crippen LogP contribution in [-0.4, -0.2) is 21.7 Å². The van der Waals surface area contributed by atoms with E-state index in [1.54, 1.807) is 0 Å². The molecular weight excluding hydrogens is 348 g/mol. The Morgan fingerprint density at radius 2 is 1.88 bits per heavy atom. The van der Waals surface area contributed by atoms with E-state index in [2.05, 4.69) is 10.4 Å². The van der Waals surface area contributed by atoms with Crippen LogP contribution in [0.25, 0.3) is 5.69 Å². The summed E-state index contributed by atoms with van der Waals surface area (Å²) in [7, 11) is 0. The lowest BCUT2D eigenvalue weighted by atomic mass is 9.65. The van der Waals surface area contributed by atoms with Gasteiger partial charge < -0.3 is 11.1 Å². The number of halogens is 1. The zero-order valence-corrected chi connectivity index (χ0v) is 15.9. The lowest BCUT2D eigenvalue weighted by Crippen LogP contribution is -2.48.